The zero-order chi connectivity index (χ0) is 24.0. The summed E-state index contributed by atoms with van der Waals surface area (Å²) < 4.78 is 6.38. The molecule has 186 valence electrons. The Balaban J connectivity index is 1.50. The lowest BCUT2D eigenvalue weighted by atomic mass is 9.41. The summed E-state index contributed by atoms with van der Waals surface area (Å²) in [5.41, 5.74) is 1.11. The van der Waals surface area contributed by atoms with Gasteiger partial charge in [0.1, 0.15) is 5.60 Å². The molecule has 0 aromatic rings. The van der Waals surface area contributed by atoms with Crippen LogP contribution in [0.25, 0.3) is 0 Å². The molecule has 0 aromatic heterocycles. The maximum atomic E-state index is 13.8. The van der Waals surface area contributed by atoms with E-state index < -0.39 is 0 Å². The number of cyclic esters (lactones) is 1. The Labute approximate surface area is 202 Å². The molecule has 0 radical (unpaired) electrons. The summed E-state index contributed by atoms with van der Waals surface area (Å²) in [4.78, 5) is 13.8. The van der Waals surface area contributed by atoms with Crippen LogP contribution in [0, 0.1) is 45.3 Å². The van der Waals surface area contributed by atoms with Crippen molar-refractivity contribution in [2.75, 3.05) is 0 Å². The molecule has 5 aliphatic rings. The Morgan fingerprint density at radius 1 is 1.03 bits per heavy atom. The number of carbonyl (C=O) groups is 1. The Morgan fingerprint density at radius 3 is 2.45 bits per heavy atom. The van der Waals surface area contributed by atoms with Crippen molar-refractivity contribution in [1.29, 1.82) is 0 Å². The lowest BCUT2D eigenvalue weighted by molar-refractivity contribution is -0.163. The minimum absolute atomic E-state index is 0.00280. The van der Waals surface area contributed by atoms with Crippen LogP contribution in [0.5, 0.6) is 0 Å². The van der Waals surface area contributed by atoms with E-state index in [1.807, 2.05) is 0 Å². The van der Waals surface area contributed by atoms with E-state index in [0.29, 0.717) is 23.7 Å². The molecule has 0 aromatic carbocycles. The lowest BCUT2D eigenvalue weighted by Gasteiger charge is -2.63. The zero-order valence-corrected chi connectivity index (χ0v) is 22.3. The van der Waals surface area contributed by atoms with Gasteiger partial charge in [0.2, 0.25) is 0 Å². The monoisotopic (exact) mass is 456 g/mol. The molecule has 0 amide bonds. The van der Waals surface area contributed by atoms with Gasteiger partial charge in [-0.3, -0.25) is 4.79 Å². The Bertz CT molecular complexity index is 857. The van der Waals surface area contributed by atoms with Crippen LogP contribution in [0.2, 0.25) is 0 Å². The van der Waals surface area contributed by atoms with Crippen molar-refractivity contribution in [1.82, 2.24) is 0 Å². The highest BCUT2D eigenvalue weighted by Crippen LogP contribution is 2.75. The average Bonchev–Trinajstić information content (AvgIpc) is 3.16. The molecule has 4 aliphatic carbocycles. The third-order valence-corrected chi connectivity index (χ3v) is 12.1. The molecule has 33 heavy (non-hydrogen) atoms. The second-order valence-corrected chi connectivity index (χ2v) is 14.3. The molecule has 1 saturated heterocycles. The highest BCUT2D eigenvalue weighted by molar-refractivity contribution is 5.83. The minimum atomic E-state index is -0.333. The summed E-state index contributed by atoms with van der Waals surface area (Å²) in [6.45, 7) is 16.3. The average molecular weight is 457 g/mol. The van der Waals surface area contributed by atoms with Gasteiger partial charge in [-0.05, 0) is 98.7 Å². The van der Waals surface area contributed by atoms with Crippen LogP contribution < -0.4 is 0 Å². The molecule has 3 heteroatoms. The van der Waals surface area contributed by atoms with Gasteiger partial charge in [-0.1, -0.05) is 59.6 Å². The van der Waals surface area contributed by atoms with E-state index in [9.17, 15) is 9.90 Å². The molecular formula is C30H48O3. The van der Waals surface area contributed by atoms with E-state index in [1.165, 1.54) is 12.8 Å². The number of rotatable bonds is 4. The number of carbonyl (C=O) groups excluding carboxylic acids is 1. The van der Waals surface area contributed by atoms with Crippen LogP contribution in [-0.4, -0.2) is 22.8 Å². The maximum Gasteiger partial charge on any atom is 0.313 e. The van der Waals surface area contributed by atoms with Crippen molar-refractivity contribution >= 4 is 5.97 Å². The van der Waals surface area contributed by atoms with Crippen LogP contribution in [0.3, 0.4) is 0 Å². The number of esters is 1. The number of ether oxygens (including phenoxy) is 1. The predicted octanol–water partition coefficient (Wildman–Crippen LogP) is 7.07. The van der Waals surface area contributed by atoms with Crippen LogP contribution in [-0.2, 0) is 9.53 Å². The number of hydrogen-bond donors (Lipinski definition) is 1. The number of allylic oxidation sites excluding steroid dienone is 2. The first kappa shape index (κ1) is 23.9. The summed E-state index contributed by atoms with van der Waals surface area (Å²) in [5.74, 6) is 2.16. The first-order valence-corrected chi connectivity index (χ1v) is 13.9. The topological polar surface area (TPSA) is 46.5 Å². The van der Waals surface area contributed by atoms with Gasteiger partial charge in [0.05, 0.1) is 11.5 Å². The van der Waals surface area contributed by atoms with Gasteiger partial charge in [-0.15, -0.1) is 0 Å². The Kier molecular flexibility index (Phi) is 5.31. The number of fused-ring (bicyclic) bond motifs is 4. The molecule has 1 N–H and O–H groups in total. The fourth-order valence-corrected chi connectivity index (χ4v) is 10.2. The van der Waals surface area contributed by atoms with Gasteiger partial charge in [-0.2, -0.15) is 0 Å². The number of hydrogen-bond acceptors (Lipinski definition) is 3. The number of aliphatic hydroxyl groups is 1. The summed E-state index contributed by atoms with van der Waals surface area (Å²) in [6.07, 6.45) is 13.1. The maximum absolute atomic E-state index is 13.8. The molecule has 4 fully saturated rings. The summed E-state index contributed by atoms with van der Waals surface area (Å²) in [7, 11) is 0. The summed E-state index contributed by atoms with van der Waals surface area (Å²) >= 11 is 0. The van der Waals surface area contributed by atoms with Crippen LogP contribution >= 0.6 is 0 Å². The van der Waals surface area contributed by atoms with E-state index in [-0.39, 0.29) is 39.3 Å². The molecule has 8 unspecified atom stereocenters. The van der Waals surface area contributed by atoms with Gasteiger partial charge in [0, 0.05) is 5.92 Å². The fourth-order valence-electron chi connectivity index (χ4n) is 10.2. The van der Waals surface area contributed by atoms with Crippen LogP contribution in [0.1, 0.15) is 113 Å². The van der Waals surface area contributed by atoms with Gasteiger partial charge < -0.3 is 9.84 Å². The first-order chi connectivity index (χ1) is 15.3. The molecule has 0 bridgehead atoms. The van der Waals surface area contributed by atoms with Gasteiger partial charge in [0.15, 0.2) is 0 Å². The molecular weight excluding hydrogens is 408 g/mol. The van der Waals surface area contributed by atoms with Crippen LogP contribution in [0.15, 0.2) is 11.6 Å². The molecule has 5 rings (SSSR count). The smallest absolute Gasteiger partial charge is 0.313 e. The van der Waals surface area contributed by atoms with Gasteiger partial charge >= 0.3 is 5.97 Å². The van der Waals surface area contributed by atoms with E-state index in [0.717, 1.165) is 51.4 Å². The molecule has 8 atom stereocenters. The van der Waals surface area contributed by atoms with Gasteiger partial charge in [0.25, 0.3) is 0 Å². The normalized spacial score (nSPS) is 50.2. The van der Waals surface area contributed by atoms with E-state index in [1.54, 1.807) is 5.57 Å². The van der Waals surface area contributed by atoms with Crippen molar-refractivity contribution in [3.63, 3.8) is 0 Å². The Morgan fingerprint density at radius 2 is 1.76 bits per heavy atom. The standard InChI is InChI=1S/C30H48O3/c1-19(2)9-8-15-29(7)23-13-17-28(6)21-10-11-22-26(3,4)24(31)14-16-27(22,5)20(21)12-18-30(23,28)25(32)33-29/h12,19,21-24,31H,8-11,13-18H2,1-7H3. The van der Waals surface area contributed by atoms with E-state index in [2.05, 4.69) is 54.5 Å². The van der Waals surface area contributed by atoms with Crippen molar-refractivity contribution < 1.29 is 14.6 Å². The zero-order valence-electron chi connectivity index (χ0n) is 22.3. The van der Waals surface area contributed by atoms with E-state index in [4.69, 9.17) is 4.74 Å². The highest BCUT2D eigenvalue weighted by Gasteiger charge is 2.75. The van der Waals surface area contributed by atoms with Crippen LogP contribution in [0.4, 0.5) is 0 Å². The summed E-state index contributed by atoms with van der Waals surface area (Å²) in [6, 6.07) is 0. The highest BCUT2D eigenvalue weighted by atomic mass is 16.6. The van der Waals surface area contributed by atoms with Crippen molar-refractivity contribution in [2.45, 2.75) is 124 Å². The predicted molar refractivity (Wildman–Crippen MR) is 132 cm³/mol. The van der Waals surface area contributed by atoms with Crippen molar-refractivity contribution in [3.8, 4) is 0 Å². The second kappa shape index (κ2) is 7.34. The van der Waals surface area contributed by atoms with Crippen molar-refractivity contribution in [3.05, 3.63) is 11.6 Å². The first-order valence-electron chi connectivity index (χ1n) is 13.9. The van der Waals surface area contributed by atoms with E-state index >= 15 is 0 Å². The molecule has 3 nitrogen and oxygen atoms in total. The number of aliphatic hydroxyl groups excluding tert-OH is 1. The molecule has 1 heterocycles. The third kappa shape index (κ3) is 2.93. The Hall–Kier alpha value is -0.830. The summed E-state index contributed by atoms with van der Waals surface area (Å²) in [5, 5.41) is 10.8. The third-order valence-electron chi connectivity index (χ3n) is 12.1. The molecule has 1 spiro atoms. The largest absolute Gasteiger partial charge is 0.459 e. The molecule has 1 aliphatic heterocycles. The fraction of sp³-hybridized carbons (Fsp3) is 0.900. The molecule has 3 saturated carbocycles. The lowest BCUT2D eigenvalue weighted by Crippen LogP contribution is -2.58. The van der Waals surface area contributed by atoms with Crippen molar-refractivity contribution in [2.24, 2.45) is 45.3 Å². The van der Waals surface area contributed by atoms with Gasteiger partial charge in [-0.25, -0.2) is 0 Å². The second-order valence-electron chi connectivity index (χ2n) is 14.3. The minimum Gasteiger partial charge on any atom is -0.459 e. The quantitative estimate of drug-likeness (QED) is 0.363. The SMILES string of the molecule is CC(C)CCCC1(C)OC(=O)C23CC=C4C(CCC5C4(C)CCC(O)C5(C)C)C2(C)CCC13.